The van der Waals surface area contributed by atoms with Gasteiger partial charge >= 0.3 is 5.97 Å². The van der Waals surface area contributed by atoms with E-state index in [0.29, 0.717) is 12.8 Å². The van der Waals surface area contributed by atoms with E-state index in [9.17, 15) is 35.4 Å². The number of aliphatic hydroxyl groups excluding tert-OH is 5. The van der Waals surface area contributed by atoms with Crippen LogP contribution < -0.4 is 0 Å². The number of carbonyl (C=O) groups excluding carboxylic acids is 1. The van der Waals surface area contributed by atoms with Crippen molar-refractivity contribution < 1.29 is 59.1 Å². The van der Waals surface area contributed by atoms with Crippen molar-refractivity contribution in [2.24, 2.45) is 5.92 Å². The van der Waals surface area contributed by atoms with Gasteiger partial charge in [-0.25, -0.2) is 4.79 Å². The van der Waals surface area contributed by atoms with Crippen LogP contribution in [0.15, 0.2) is 11.6 Å². The summed E-state index contributed by atoms with van der Waals surface area (Å²) in [6.07, 6.45) is -8.64. The molecule has 6 N–H and O–H groups in total. The minimum absolute atomic E-state index is 0.0266. The molecule has 0 aliphatic carbocycles. The van der Waals surface area contributed by atoms with Crippen molar-refractivity contribution in [1.82, 2.24) is 0 Å². The molecule has 3 heterocycles. The van der Waals surface area contributed by atoms with E-state index < -0.39 is 74.0 Å². The number of esters is 1. The van der Waals surface area contributed by atoms with E-state index in [1.165, 1.54) is 13.0 Å². The molecule has 0 aromatic rings. The molecule has 190 valence electrons. The zero-order valence-electron chi connectivity index (χ0n) is 18.6. The normalized spacial score (nSPS) is 46.5. The largest absolute Gasteiger partial charge is 0.459 e. The van der Waals surface area contributed by atoms with Crippen molar-refractivity contribution in [1.29, 1.82) is 0 Å². The lowest BCUT2D eigenvalue weighted by Gasteiger charge is -2.40. The van der Waals surface area contributed by atoms with Crippen LogP contribution in [0, 0.1) is 5.92 Å². The van der Waals surface area contributed by atoms with Gasteiger partial charge in [0, 0.05) is 5.57 Å². The monoisotopic (exact) mass is 478 g/mol. The Morgan fingerprint density at radius 2 is 1.70 bits per heavy atom. The highest BCUT2D eigenvalue weighted by atomic mass is 16.7. The Bertz CT molecular complexity index is 701. The minimum atomic E-state index is -1.94. The Morgan fingerprint density at radius 1 is 0.970 bits per heavy atom. The molecule has 2 saturated heterocycles. The van der Waals surface area contributed by atoms with E-state index in [0.717, 1.165) is 0 Å². The van der Waals surface area contributed by atoms with Crippen LogP contribution >= 0.6 is 0 Å². The van der Waals surface area contributed by atoms with Crippen LogP contribution in [-0.4, -0.2) is 118 Å². The molecule has 0 saturated carbocycles. The van der Waals surface area contributed by atoms with E-state index in [4.69, 9.17) is 23.7 Å². The Balaban J connectivity index is 1.76. The first kappa shape index (κ1) is 26.4. The molecule has 0 amide bonds. The van der Waals surface area contributed by atoms with Gasteiger partial charge in [0.2, 0.25) is 0 Å². The predicted molar refractivity (Wildman–Crippen MR) is 108 cm³/mol. The molecular formula is C21H34O12. The van der Waals surface area contributed by atoms with Gasteiger partial charge in [0.15, 0.2) is 18.2 Å². The number of hydrogen-bond donors (Lipinski definition) is 6. The van der Waals surface area contributed by atoms with Crippen LogP contribution in [0.3, 0.4) is 0 Å². The highest BCUT2D eigenvalue weighted by molar-refractivity contribution is 5.87. The molecule has 0 unspecified atom stereocenters. The average molecular weight is 478 g/mol. The molecule has 4 bridgehead atoms. The van der Waals surface area contributed by atoms with Crippen molar-refractivity contribution in [3.8, 4) is 0 Å². The number of cyclic esters (lactones) is 1. The van der Waals surface area contributed by atoms with Crippen LogP contribution in [0.2, 0.25) is 0 Å². The third-order valence-corrected chi connectivity index (χ3v) is 6.15. The fourth-order valence-electron chi connectivity index (χ4n) is 3.95. The first-order chi connectivity index (χ1) is 15.5. The smallest absolute Gasteiger partial charge is 0.333 e. The molecule has 3 rings (SSSR count). The minimum Gasteiger partial charge on any atom is -0.459 e. The molecule has 0 radical (unpaired) electrons. The lowest BCUT2D eigenvalue weighted by Crippen LogP contribution is -2.59. The van der Waals surface area contributed by atoms with Gasteiger partial charge in [0.05, 0.1) is 25.9 Å². The van der Waals surface area contributed by atoms with Gasteiger partial charge in [-0.2, -0.15) is 0 Å². The van der Waals surface area contributed by atoms with Crippen LogP contribution in [0.4, 0.5) is 0 Å². The molecule has 0 spiro atoms. The van der Waals surface area contributed by atoms with Gasteiger partial charge < -0.3 is 54.3 Å². The maximum atomic E-state index is 12.2. The second-order valence-electron chi connectivity index (χ2n) is 9.07. The molecule has 12 heteroatoms. The quantitative estimate of drug-likeness (QED) is 0.202. The third kappa shape index (κ3) is 6.28. The summed E-state index contributed by atoms with van der Waals surface area (Å²) in [6, 6.07) is 0. The maximum absolute atomic E-state index is 12.2. The van der Waals surface area contributed by atoms with E-state index in [2.05, 4.69) is 0 Å². The highest BCUT2D eigenvalue weighted by Crippen LogP contribution is 2.29. The topological polar surface area (TPSA) is 185 Å². The molecule has 0 aromatic heterocycles. The van der Waals surface area contributed by atoms with Crippen molar-refractivity contribution in [2.75, 3.05) is 26.4 Å². The summed E-state index contributed by atoms with van der Waals surface area (Å²) >= 11 is 0. The van der Waals surface area contributed by atoms with E-state index in [1.54, 1.807) is 0 Å². The summed E-state index contributed by atoms with van der Waals surface area (Å²) in [4.78, 5) is 12.2. The molecule has 2 fully saturated rings. The highest BCUT2D eigenvalue weighted by Gasteiger charge is 2.51. The van der Waals surface area contributed by atoms with Gasteiger partial charge in [-0.1, -0.05) is 6.92 Å². The molecule has 0 aromatic carbocycles. The predicted octanol–water partition coefficient (Wildman–Crippen LogP) is -2.44. The van der Waals surface area contributed by atoms with Crippen LogP contribution in [0.1, 0.15) is 26.7 Å². The number of aliphatic hydroxyl groups is 6. The molecule has 3 aliphatic rings. The SMILES string of the molecule is CC1=C[C@@H](O)C[C@H](C)CCO[C@@H]2O[C@H](CO[C@@H]3OC[C@](O)(COC1=O)[C@H]3O)[C@@H](O)[C@H](O)[C@H]2O. The lowest BCUT2D eigenvalue weighted by atomic mass is 9.98. The Hall–Kier alpha value is -1.19. The van der Waals surface area contributed by atoms with Gasteiger partial charge in [-0.15, -0.1) is 0 Å². The number of hydrogen-bond acceptors (Lipinski definition) is 12. The van der Waals surface area contributed by atoms with Crippen molar-refractivity contribution in [3.05, 3.63) is 11.6 Å². The fraction of sp³-hybridized carbons (Fsp3) is 0.857. The zero-order chi connectivity index (χ0) is 24.3. The molecule has 10 atom stereocenters. The maximum Gasteiger partial charge on any atom is 0.333 e. The van der Waals surface area contributed by atoms with Crippen LogP contribution in [0.25, 0.3) is 0 Å². The number of fused-ring (bicyclic) bond motifs is 4. The number of rotatable bonds is 0. The molecule has 3 aliphatic heterocycles. The fourth-order valence-corrected chi connectivity index (χ4v) is 3.95. The summed E-state index contributed by atoms with van der Waals surface area (Å²) in [7, 11) is 0. The Labute approximate surface area is 191 Å². The molecule has 12 nitrogen and oxygen atoms in total. The Kier molecular flexibility index (Phi) is 8.83. The summed E-state index contributed by atoms with van der Waals surface area (Å²) in [6.45, 7) is 2.15. The van der Waals surface area contributed by atoms with Crippen LogP contribution in [-0.2, 0) is 28.5 Å². The molecule has 33 heavy (non-hydrogen) atoms. The van der Waals surface area contributed by atoms with Gasteiger partial charge in [-0.3, -0.25) is 0 Å². The summed E-state index contributed by atoms with van der Waals surface area (Å²) in [5, 5.41) is 62.0. The second kappa shape index (κ2) is 11.0. The summed E-state index contributed by atoms with van der Waals surface area (Å²) in [5.41, 5.74) is -1.80. The van der Waals surface area contributed by atoms with Crippen molar-refractivity contribution >= 4 is 5.97 Å². The first-order valence-corrected chi connectivity index (χ1v) is 11.0. The second-order valence-corrected chi connectivity index (χ2v) is 9.07. The van der Waals surface area contributed by atoms with E-state index >= 15 is 0 Å². The third-order valence-electron chi connectivity index (χ3n) is 6.15. The summed E-state index contributed by atoms with van der Waals surface area (Å²) < 4.78 is 26.9. The average Bonchev–Trinajstić information content (AvgIpc) is 3.04. The van der Waals surface area contributed by atoms with Gasteiger partial charge in [-0.05, 0) is 31.8 Å². The lowest BCUT2D eigenvalue weighted by molar-refractivity contribution is -0.310. The van der Waals surface area contributed by atoms with E-state index in [1.807, 2.05) is 6.92 Å². The van der Waals surface area contributed by atoms with Crippen LogP contribution in [0.5, 0.6) is 0 Å². The number of ether oxygens (including phenoxy) is 5. The van der Waals surface area contributed by atoms with Crippen molar-refractivity contribution in [2.45, 2.75) is 81.5 Å². The van der Waals surface area contributed by atoms with Gasteiger partial charge in [0.25, 0.3) is 0 Å². The zero-order valence-corrected chi connectivity index (χ0v) is 18.6. The summed E-state index contributed by atoms with van der Waals surface area (Å²) in [5.74, 6) is -0.789. The molecular weight excluding hydrogens is 444 g/mol. The Morgan fingerprint density at radius 3 is 2.42 bits per heavy atom. The van der Waals surface area contributed by atoms with E-state index in [-0.39, 0.29) is 24.7 Å². The number of carbonyl (C=O) groups is 1. The van der Waals surface area contributed by atoms with Crippen molar-refractivity contribution in [3.63, 3.8) is 0 Å². The standard InChI is InChI=1S/C21H34O12/c1-10-3-4-29-19-16(25)15(24)14(23)13(33-19)7-30-20-17(26)21(28,9-32-20)8-31-18(27)11(2)6-12(22)5-10/h6,10,12-17,19-20,22-26,28H,3-5,7-9H2,1-2H3/t10-,12+,13-,14-,15+,16-,17+,19-,20-,21-/m1/s1. The first-order valence-electron chi connectivity index (χ1n) is 11.0. The van der Waals surface area contributed by atoms with Gasteiger partial charge in [0.1, 0.15) is 37.1 Å².